The fraction of sp³-hybridized carbons (Fsp3) is 0.312. The van der Waals surface area contributed by atoms with Gasteiger partial charge in [0.15, 0.2) is 17.5 Å². The molecule has 1 aromatic heterocycles. The summed E-state index contributed by atoms with van der Waals surface area (Å²) in [6.07, 6.45) is 6.28. The number of carbonyl (C=O) groups is 1. The van der Waals surface area contributed by atoms with E-state index in [4.69, 9.17) is 0 Å². The first kappa shape index (κ1) is 17.0. The predicted octanol–water partition coefficient (Wildman–Crippen LogP) is 2.68. The first-order valence-corrected chi connectivity index (χ1v) is 7.76. The van der Waals surface area contributed by atoms with Crippen LogP contribution in [0.2, 0.25) is 0 Å². The summed E-state index contributed by atoms with van der Waals surface area (Å²) in [5.41, 5.74) is -0.147. The molecular weight excluding hydrogens is 335 g/mol. The van der Waals surface area contributed by atoms with Gasteiger partial charge in [-0.3, -0.25) is 4.98 Å². The highest BCUT2D eigenvalue weighted by molar-refractivity contribution is 5.89. The average molecular weight is 351 g/mol. The lowest BCUT2D eigenvalue weighted by molar-refractivity contribution is 0.246. The van der Waals surface area contributed by atoms with Crippen LogP contribution >= 0.6 is 0 Å². The first-order chi connectivity index (χ1) is 12.0. The second-order valence-corrected chi connectivity index (χ2v) is 5.68. The van der Waals surface area contributed by atoms with Gasteiger partial charge in [-0.05, 0) is 12.8 Å². The molecule has 0 radical (unpaired) electrons. The number of halogens is 3. The van der Waals surface area contributed by atoms with Crippen LogP contribution in [-0.2, 0) is 0 Å². The van der Waals surface area contributed by atoms with Gasteiger partial charge in [0, 0.05) is 49.3 Å². The molecule has 3 rings (SSSR count). The van der Waals surface area contributed by atoms with Gasteiger partial charge in [-0.1, -0.05) is 0 Å². The summed E-state index contributed by atoms with van der Waals surface area (Å²) in [6.45, 7) is 1.40. The van der Waals surface area contributed by atoms with Gasteiger partial charge in [0.2, 0.25) is 0 Å². The first-order valence-electron chi connectivity index (χ1n) is 7.76. The lowest BCUT2D eigenvalue weighted by atomic mass is 10.1. The normalized spacial score (nSPS) is 15.1. The summed E-state index contributed by atoms with van der Waals surface area (Å²) in [4.78, 5) is 22.3. The van der Waals surface area contributed by atoms with Crippen molar-refractivity contribution in [3.8, 4) is 0 Å². The molecule has 0 unspecified atom stereocenters. The number of amides is 2. The van der Waals surface area contributed by atoms with Crippen LogP contribution in [0.5, 0.6) is 0 Å². The molecule has 2 heterocycles. The Hall–Kier alpha value is -2.84. The monoisotopic (exact) mass is 351 g/mol. The van der Waals surface area contributed by atoms with Crippen LogP contribution in [0.1, 0.15) is 12.8 Å². The number of hydrogen-bond donors (Lipinski definition) is 2. The van der Waals surface area contributed by atoms with Crippen molar-refractivity contribution in [3.05, 3.63) is 48.2 Å². The second-order valence-electron chi connectivity index (χ2n) is 5.68. The molecule has 2 aromatic rings. The van der Waals surface area contributed by atoms with Crippen molar-refractivity contribution in [2.75, 3.05) is 23.3 Å². The molecule has 25 heavy (non-hydrogen) atoms. The minimum Gasteiger partial charge on any atom is -0.355 e. The van der Waals surface area contributed by atoms with Crippen molar-refractivity contribution in [1.82, 2.24) is 15.3 Å². The van der Waals surface area contributed by atoms with E-state index in [9.17, 15) is 18.0 Å². The van der Waals surface area contributed by atoms with E-state index in [1.165, 1.54) is 0 Å². The Morgan fingerprint density at radius 1 is 1.12 bits per heavy atom. The van der Waals surface area contributed by atoms with Crippen molar-refractivity contribution in [3.63, 3.8) is 0 Å². The standard InChI is InChI=1S/C16H16F3N5O/c17-12-7-11(8-13(18)15(12)19)23-16(25)22-10-1-5-24(6-2-10)14-9-20-3-4-21-14/h3-4,7-10H,1-2,5-6H2,(H2,22,23,25). The molecule has 9 heteroatoms. The summed E-state index contributed by atoms with van der Waals surface area (Å²) < 4.78 is 39.2. The third-order valence-electron chi connectivity index (χ3n) is 3.95. The van der Waals surface area contributed by atoms with Crippen molar-refractivity contribution in [2.24, 2.45) is 0 Å². The Morgan fingerprint density at radius 2 is 1.80 bits per heavy atom. The Labute approximate surface area is 142 Å². The number of carbonyl (C=O) groups excluding carboxylic acids is 1. The Balaban J connectivity index is 1.51. The fourth-order valence-electron chi connectivity index (χ4n) is 2.69. The number of aromatic nitrogens is 2. The van der Waals surface area contributed by atoms with Crippen molar-refractivity contribution < 1.29 is 18.0 Å². The number of nitrogens with one attached hydrogen (secondary N) is 2. The molecule has 0 spiro atoms. The average Bonchev–Trinajstić information content (AvgIpc) is 2.61. The largest absolute Gasteiger partial charge is 0.355 e. The minimum atomic E-state index is -1.57. The summed E-state index contributed by atoms with van der Waals surface area (Å²) in [6, 6.07) is 0.787. The van der Waals surface area contributed by atoms with Crippen LogP contribution in [0.25, 0.3) is 0 Å². The fourth-order valence-corrected chi connectivity index (χ4v) is 2.69. The lowest BCUT2D eigenvalue weighted by Gasteiger charge is -2.32. The molecule has 0 aliphatic carbocycles. The van der Waals surface area contributed by atoms with Crippen molar-refractivity contribution >= 4 is 17.5 Å². The number of hydrogen-bond acceptors (Lipinski definition) is 4. The smallest absolute Gasteiger partial charge is 0.319 e. The van der Waals surface area contributed by atoms with E-state index in [1.807, 2.05) is 0 Å². The maximum atomic E-state index is 13.2. The molecule has 2 N–H and O–H groups in total. The molecule has 0 bridgehead atoms. The molecule has 1 fully saturated rings. The maximum absolute atomic E-state index is 13.2. The van der Waals surface area contributed by atoms with Gasteiger partial charge in [0.05, 0.1) is 6.20 Å². The van der Waals surface area contributed by atoms with E-state index in [-0.39, 0.29) is 11.7 Å². The molecule has 2 amide bonds. The molecule has 132 valence electrons. The number of anilines is 2. The van der Waals surface area contributed by atoms with Crippen LogP contribution in [-0.4, -0.2) is 35.1 Å². The van der Waals surface area contributed by atoms with E-state index in [0.717, 1.165) is 18.0 Å². The van der Waals surface area contributed by atoms with Crippen LogP contribution < -0.4 is 15.5 Å². The third kappa shape index (κ3) is 4.17. The second kappa shape index (κ2) is 7.37. The van der Waals surface area contributed by atoms with Crippen LogP contribution in [0.4, 0.5) is 29.5 Å². The summed E-state index contributed by atoms with van der Waals surface area (Å²) in [5.74, 6) is -3.50. The third-order valence-corrected chi connectivity index (χ3v) is 3.95. The summed E-state index contributed by atoms with van der Waals surface area (Å²) in [5, 5.41) is 5.05. The lowest BCUT2D eigenvalue weighted by Crippen LogP contribution is -2.46. The van der Waals surface area contributed by atoms with E-state index < -0.39 is 23.5 Å². The minimum absolute atomic E-state index is 0.0805. The molecule has 0 saturated carbocycles. The zero-order valence-electron chi connectivity index (χ0n) is 13.2. The van der Waals surface area contributed by atoms with Crippen LogP contribution in [0.15, 0.2) is 30.7 Å². The van der Waals surface area contributed by atoms with Gasteiger partial charge in [-0.25, -0.2) is 22.9 Å². The number of urea groups is 1. The van der Waals surface area contributed by atoms with Gasteiger partial charge >= 0.3 is 6.03 Å². The molecule has 1 aliphatic heterocycles. The quantitative estimate of drug-likeness (QED) is 0.834. The molecule has 1 saturated heterocycles. The number of nitrogens with zero attached hydrogens (tertiary/aromatic N) is 3. The number of rotatable bonds is 3. The number of benzene rings is 1. The highest BCUT2D eigenvalue weighted by Gasteiger charge is 2.22. The Bertz CT molecular complexity index is 728. The van der Waals surface area contributed by atoms with E-state index in [2.05, 4.69) is 25.5 Å². The topological polar surface area (TPSA) is 70.2 Å². The van der Waals surface area contributed by atoms with Crippen LogP contribution in [0.3, 0.4) is 0 Å². The van der Waals surface area contributed by atoms with Crippen molar-refractivity contribution in [2.45, 2.75) is 18.9 Å². The van der Waals surface area contributed by atoms with Crippen LogP contribution in [0, 0.1) is 17.5 Å². The Kier molecular flexibility index (Phi) is 5.01. The molecule has 1 aliphatic rings. The van der Waals surface area contributed by atoms with Gasteiger partial charge in [-0.15, -0.1) is 0 Å². The summed E-state index contributed by atoms with van der Waals surface area (Å²) in [7, 11) is 0. The zero-order chi connectivity index (χ0) is 17.8. The van der Waals surface area contributed by atoms with Gasteiger partial charge in [0.1, 0.15) is 5.82 Å². The Morgan fingerprint density at radius 3 is 2.40 bits per heavy atom. The highest BCUT2D eigenvalue weighted by Crippen LogP contribution is 2.18. The van der Waals surface area contributed by atoms with E-state index >= 15 is 0 Å². The van der Waals surface area contributed by atoms with Gasteiger partial charge in [0.25, 0.3) is 0 Å². The molecule has 1 aromatic carbocycles. The predicted molar refractivity (Wildman–Crippen MR) is 85.7 cm³/mol. The molecule has 6 nitrogen and oxygen atoms in total. The summed E-state index contributed by atoms with van der Waals surface area (Å²) >= 11 is 0. The number of piperidine rings is 1. The highest BCUT2D eigenvalue weighted by atomic mass is 19.2. The van der Waals surface area contributed by atoms with Crippen molar-refractivity contribution in [1.29, 1.82) is 0 Å². The van der Waals surface area contributed by atoms with E-state index in [1.54, 1.807) is 18.6 Å². The SMILES string of the molecule is O=C(Nc1cc(F)c(F)c(F)c1)NC1CCN(c2cnccn2)CC1. The molecule has 0 atom stereocenters. The van der Waals surface area contributed by atoms with E-state index in [0.29, 0.717) is 25.9 Å². The van der Waals surface area contributed by atoms with Gasteiger partial charge < -0.3 is 15.5 Å². The zero-order valence-corrected chi connectivity index (χ0v) is 13.2. The maximum Gasteiger partial charge on any atom is 0.319 e. The molecular formula is C16H16F3N5O. The van der Waals surface area contributed by atoms with Gasteiger partial charge in [-0.2, -0.15) is 0 Å².